The zero-order valence-electron chi connectivity index (χ0n) is 14.2. The van der Waals surface area contributed by atoms with Gasteiger partial charge in [-0.2, -0.15) is 9.90 Å². The zero-order valence-corrected chi connectivity index (χ0v) is 14.2. The molecule has 0 aliphatic carbocycles. The lowest BCUT2D eigenvalue weighted by Crippen LogP contribution is -2.30. The molecule has 132 valence electrons. The molecule has 0 saturated carbocycles. The average molecular weight is 349 g/mol. The van der Waals surface area contributed by atoms with Gasteiger partial charge in [0, 0.05) is 19.2 Å². The third-order valence-corrected chi connectivity index (χ3v) is 4.29. The lowest BCUT2D eigenvalue weighted by molar-refractivity contribution is 0.102. The number of hydrogen-bond donors (Lipinski definition) is 1. The fourth-order valence-corrected chi connectivity index (χ4v) is 2.94. The monoisotopic (exact) mass is 349 g/mol. The number of carbonyl (C=O) groups excluding carboxylic acids is 1. The highest BCUT2D eigenvalue weighted by molar-refractivity contribution is 6.02. The van der Waals surface area contributed by atoms with Gasteiger partial charge in [0.15, 0.2) is 5.69 Å². The third-order valence-electron chi connectivity index (χ3n) is 4.29. The molecule has 1 saturated heterocycles. The van der Waals surface area contributed by atoms with Crippen LogP contribution in [0.4, 0.5) is 11.6 Å². The lowest BCUT2D eigenvalue weighted by atomic mass is 10.1. The molecule has 0 bridgehead atoms. The molecule has 1 aliphatic rings. The van der Waals surface area contributed by atoms with Crippen LogP contribution in [0.25, 0.3) is 5.69 Å². The van der Waals surface area contributed by atoms with E-state index in [1.54, 1.807) is 6.07 Å². The SMILES string of the molecule is O=C(Nc1cc(N2CCCCC2)ncn1)c1cnn(-c2ccccc2)n1. The standard InChI is InChI=1S/C18H19N7O/c26-18(15-12-21-25(23-15)14-7-3-1-4-8-14)22-16-11-17(20-13-19-16)24-9-5-2-6-10-24/h1,3-4,7-8,11-13H,2,5-6,9-10H2,(H,19,20,22,26). The fraction of sp³-hybridized carbons (Fsp3) is 0.278. The quantitative estimate of drug-likeness (QED) is 0.777. The molecule has 1 N–H and O–H groups in total. The number of amides is 1. The molecule has 0 spiro atoms. The van der Waals surface area contributed by atoms with Crippen LogP contribution in [0.1, 0.15) is 29.8 Å². The van der Waals surface area contributed by atoms with Gasteiger partial charge in [0.2, 0.25) is 0 Å². The second-order valence-electron chi connectivity index (χ2n) is 6.12. The van der Waals surface area contributed by atoms with E-state index in [0.29, 0.717) is 5.82 Å². The number of nitrogens with zero attached hydrogens (tertiary/aromatic N) is 6. The van der Waals surface area contributed by atoms with Crippen molar-refractivity contribution in [2.75, 3.05) is 23.3 Å². The molecular weight excluding hydrogens is 330 g/mol. The predicted molar refractivity (Wildman–Crippen MR) is 97.4 cm³/mol. The van der Waals surface area contributed by atoms with Crippen LogP contribution >= 0.6 is 0 Å². The topological polar surface area (TPSA) is 88.8 Å². The molecular formula is C18H19N7O. The highest BCUT2D eigenvalue weighted by atomic mass is 16.2. The number of hydrogen-bond acceptors (Lipinski definition) is 6. The Morgan fingerprint density at radius 2 is 1.85 bits per heavy atom. The van der Waals surface area contributed by atoms with E-state index in [-0.39, 0.29) is 11.6 Å². The second-order valence-corrected chi connectivity index (χ2v) is 6.12. The van der Waals surface area contributed by atoms with Crippen LogP contribution in [-0.2, 0) is 0 Å². The molecule has 2 aromatic heterocycles. The summed E-state index contributed by atoms with van der Waals surface area (Å²) in [6, 6.07) is 11.2. The van der Waals surface area contributed by atoms with Crippen molar-refractivity contribution in [1.29, 1.82) is 0 Å². The minimum atomic E-state index is -0.351. The van der Waals surface area contributed by atoms with Crippen molar-refractivity contribution < 1.29 is 4.79 Å². The van der Waals surface area contributed by atoms with E-state index in [1.165, 1.54) is 23.7 Å². The van der Waals surface area contributed by atoms with Crippen molar-refractivity contribution in [3.8, 4) is 5.69 Å². The Labute approximate surface area is 150 Å². The van der Waals surface area contributed by atoms with Gasteiger partial charge < -0.3 is 10.2 Å². The molecule has 1 fully saturated rings. The average Bonchev–Trinajstić information content (AvgIpc) is 3.20. The Bertz CT molecular complexity index is 887. The van der Waals surface area contributed by atoms with Gasteiger partial charge in [-0.15, -0.1) is 5.10 Å². The number of piperidine rings is 1. The minimum Gasteiger partial charge on any atom is -0.356 e. The first-order valence-corrected chi connectivity index (χ1v) is 8.66. The molecule has 8 heteroatoms. The van der Waals surface area contributed by atoms with Gasteiger partial charge in [-0.25, -0.2) is 9.97 Å². The number of anilines is 2. The van der Waals surface area contributed by atoms with Gasteiger partial charge in [0.05, 0.1) is 11.9 Å². The Morgan fingerprint density at radius 3 is 2.65 bits per heavy atom. The highest BCUT2D eigenvalue weighted by Gasteiger charge is 2.15. The summed E-state index contributed by atoms with van der Waals surface area (Å²) in [6.45, 7) is 1.96. The maximum atomic E-state index is 12.4. The van der Waals surface area contributed by atoms with E-state index >= 15 is 0 Å². The molecule has 1 aliphatic heterocycles. The molecule has 1 amide bonds. The van der Waals surface area contributed by atoms with Gasteiger partial charge in [-0.3, -0.25) is 4.79 Å². The molecule has 26 heavy (non-hydrogen) atoms. The summed E-state index contributed by atoms with van der Waals surface area (Å²) in [5.74, 6) is 0.943. The predicted octanol–water partition coefficient (Wildman–Crippen LogP) is 2.30. The number of benzene rings is 1. The number of para-hydroxylation sites is 1. The van der Waals surface area contributed by atoms with Crippen LogP contribution in [0.2, 0.25) is 0 Å². The van der Waals surface area contributed by atoms with E-state index < -0.39 is 0 Å². The molecule has 8 nitrogen and oxygen atoms in total. The number of aromatic nitrogens is 5. The molecule has 1 aromatic carbocycles. The molecule has 0 unspecified atom stereocenters. The lowest BCUT2D eigenvalue weighted by Gasteiger charge is -2.27. The first-order valence-electron chi connectivity index (χ1n) is 8.66. The molecule has 3 aromatic rings. The van der Waals surface area contributed by atoms with Gasteiger partial charge >= 0.3 is 0 Å². The van der Waals surface area contributed by atoms with Crippen LogP contribution in [0.3, 0.4) is 0 Å². The third kappa shape index (κ3) is 3.53. The Morgan fingerprint density at radius 1 is 1.04 bits per heavy atom. The maximum Gasteiger partial charge on any atom is 0.279 e. The van der Waals surface area contributed by atoms with Crippen molar-refractivity contribution in [1.82, 2.24) is 25.0 Å². The van der Waals surface area contributed by atoms with Crippen LogP contribution in [0.15, 0.2) is 48.9 Å². The summed E-state index contributed by atoms with van der Waals surface area (Å²) in [6.07, 6.45) is 6.49. The van der Waals surface area contributed by atoms with Crippen molar-refractivity contribution in [2.24, 2.45) is 0 Å². The van der Waals surface area contributed by atoms with E-state index in [2.05, 4.69) is 30.4 Å². The zero-order chi connectivity index (χ0) is 17.8. The molecule has 4 rings (SSSR count). The minimum absolute atomic E-state index is 0.229. The summed E-state index contributed by atoms with van der Waals surface area (Å²) >= 11 is 0. The maximum absolute atomic E-state index is 12.4. The molecule has 0 radical (unpaired) electrons. The number of carbonyl (C=O) groups is 1. The van der Waals surface area contributed by atoms with Crippen LogP contribution in [0, 0.1) is 0 Å². The van der Waals surface area contributed by atoms with Crippen molar-refractivity contribution in [3.63, 3.8) is 0 Å². The first-order chi connectivity index (χ1) is 12.8. The largest absolute Gasteiger partial charge is 0.356 e. The molecule has 0 atom stereocenters. The van der Waals surface area contributed by atoms with Crippen molar-refractivity contribution in [3.05, 3.63) is 54.6 Å². The van der Waals surface area contributed by atoms with Crippen LogP contribution in [0.5, 0.6) is 0 Å². The van der Waals surface area contributed by atoms with E-state index in [4.69, 9.17) is 0 Å². The van der Waals surface area contributed by atoms with Gasteiger partial charge in [0.25, 0.3) is 5.91 Å². The Balaban J connectivity index is 1.47. The van der Waals surface area contributed by atoms with Crippen molar-refractivity contribution >= 4 is 17.5 Å². The van der Waals surface area contributed by atoms with Crippen LogP contribution in [-0.4, -0.2) is 44.0 Å². The smallest absolute Gasteiger partial charge is 0.279 e. The van der Waals surface area contributed by atoms with Gasteiger partial charge in [-0.1, -0.05) is 18.2 Å². The van der Waals surface area contributed by atoms with Crippen molar-refractivity contribution in [2.45, 2.75) is 19.3 Å². The summed E-state index contributed by atoms with van der Waals surface area (Å²) in [4.78, 5) is 24.5. The normalized spacial score (nSPS) is 14.2. The first kappa shape index (κ1) is 16.2. The van der Waals surface area contributed by atoms with Gasteiger partial charge in [-0.05, 0) is 31.4 Å². The second kappa shape index (κ2) is 7.30. The van der Waals surface area contributed by atoms with Crippen LogP contribution < -0.4 is 10.2 Å². The van der Waals surface area contributed by atoms with Gasteiger partial charge in [0.1, 0.15) is 18.0 Å². The summed E-state index contributed by atoms with van der Waals surface area (Å²) in [7, 11) is 0. The number of nitrogens with one attached hydrogen (secondary N) is 1. The van der Waals surface area contributed by atoms with E-state index in [0.717, 1.165) is 37.4 Å². The summed E-state index contributed by atoms with van der Waals surface area (Å²) < 4.78 is 0. The molecule has 3 heterocycles. The highest BCUT2D eigenvalue weighted by Crippen LogP contribution is 2.19. The Kier molecular flexibility index (Phi) is 4.55. The van der Waals surface area contributed by atoms with E-state index in [9.17, 15) is 4.79 Å². The Hall–Kier alpha value is -3.29. The summed E-state index contributed by atoms with van der Waals surface area (Å²) in [5.41, 5.74) is 1.02. The fourth-order valence-electron chi connectivity index (χ4n) is 2.94. The summed E-state index contributed by atoms with van der Waals surface area (Å²) in [5, 5.41) is 11.1. The number of rotatable bonds is 4. The van der Waals surface area contributed by atoms with E-state index in [1.807, 2.05) is 30.3 Å².